The molecule has 1 aliphatic carbocycles. The number of nitrogens with one attached hydrogen (secondary N) is 1. The second kappa shape index (κ2) is 7.37. The fourth-order valence-corrected chi connectivity index (χ4v) is 5.37. The number of pyridine rings is 1. The second-order valence-corrected chi connectivity index (χ2v) is 8.91. The molecule has 0 bridgehead atoms. The van der Waals surface area contributed by atoms with E-state index in [9.17, 15) is 9.18 Å². The van der Waals surface area contributed by atoms with Crippen LogP contribution in [0.5, 0.6) is 0 Å². The smallest absolute Gasteiger partial charge is 0.274 e. The molecule has 0 radical (unpaired) electrons. The first kappa shape index (κ1) is 19.2. The largest absolute Gasteiger partial charge is 0.379 e. The lowest BCUT2D eigenvalue weighted by atomic mass is 9.81. The summed E-state index contributed by atoms with van der Waals surface area (Å²) in [5, 5.41) is 3.73. The van der Waals surface area contributed by atoms with Gasteiger partial charge in [-0.3, -0.25) is 9.79 Å². The van der Waals surface area contributed by atoms with Crippen LogP contribution in [0.1, 0.15) is 35.8 Å². The third kappa shape index (κ3) is 3.49. The van der Waals surface area contributed by atoms with E-state index in [0.717, 1.165) is 18.6 Å². The molecule has 3 N–H and O–H groups in total. The van der Waals surface area contributed by atoms with E-state index >= 15 is 0 Å². The molecule has 4 rings (SSSR count). The quantitative estimate of drug-likeness (QED) is 0.772. The van der Waals surface area contributed by atoms with Crippen molar-refractivity contribution in [2.75, 3.05) is 11.1 Å². The van der Waals surface area contributed by atoms with Gasteiger partial charge in [0.15, 0.2) is 5.17 Å². The molecule has 0 unspecified atom stereocenters. The van der Waals surface area contributed by atoms with E-state index < -0.39 is 5.54 Å². The molecular formula is C20H20ClFN4OS. The van der Waals surface area contributed by atoms with Gasteiger partial charge in [0.25, 0.3) is 5.91 Å². The third-order valence-electron chi connectivity index (χ3n) is 5.41. The number of aromatic nitrogens is 1. The molecule has 28 heavy (non-hydrogen) atoms. The fraction of sp³-hybridized carbons (Fsp3) is 0.350. The summed E-state index contributed by atoms with van der Waals surface area (Å²) >= 11 is 7.34. The van der Waals surface area contributed by atoms with Gasteiger partial charge in [-0.25, -0.2) is 9.37 Å². The third-order valence-corrected chi connectivity index (χ3v) is 6.59. The van der Waals surface area contributed by atoms with Crippen LogP contribution in [0.2, 0.25) is 5.02 Å². The van der Waals surface area contributed by atoms with Crippen molar-refractivity contribution in [3.05, 3.63) is 58.6 Å². The van der Waals surface area contributed by atoms with Crippen LogP contribution in [-0.4, -0.2) is 21.8 Å². The van der Waals surface area contributed by atoms with Gasteiger partial charge in [-0.1, -0.05) is 30.3 Å². The van der Waals surface area contributed by atoms with Gasteiger partial charge >= 0.3 is 0 Å². The first-order valence-electron chi connectivity index (χ1n) is 9.08. The summed E-state index contributed by atoms with van der Waals surface area (Å²) in [7, 11) is 0. The predicted molar refractivity (Wildman–Crippen MR) is 111 cm³/mol. The van der Waals surface area contributed by atoms with Crippen molar-refractivity contribution < 1.29 is 9.18 Å². The molecule has 146 valence electrons. The maximum atomic E-state index is 14.9. The van der Waals surface area contributed by atoms with Crippen molar-refractivity contribution in [2.24, 2.45) is 22.6 Å². The van der Waals surface area contributed by atoms with Gasteiger partial charge in [-0.15, -0.1) is 0 Å². The molecule has 8 heteroatoms. The highest BCUT2D eigenvalue weighted by Crippen LogP contribution is 2.53. The molecule has 0 saturated heterocycles. The minimum Gasteiger partial charge on any atom is -0.379 e. The number of rotatable bonds is 3. The van der Waals surface area contributed by atoms with Crippen LogP contribution in [0.4, 0.5) is 10.1 Å². The molecule has 1 aliphatic heterocycles. The maximum absolute atomic E-state index is 14.9. The molecule has 1 saturated carbocycles. The number of nitrogens with two attached hydrogens (primary N) is 1. The number of benzene rings is 1. The Morgan fingerprint density at radius 3 is 2.96 bits per heavy atom. The average molecular weight is 419 g/mol. The lowest BCUT2D eigenvalue weighted by Crippen LogP contribution is -2.37. The molecule has 1 amide bonds. The summed E-state index contributed by atoms with van der Waals surface area (Å²) in [6, 6.07) is 7.74. The van der Waals surface area contributed by atoms with Crippen molar-refractivity contribution in [1.29, 1.82) is 0 Å². The summed E-state index contributed by atoms with van der Waals surface area (Å²) in [6.07, 6.45) is 3.13. The molecule has 2 aliphatic rings. The number of hydrogen-bond donors (Lipinski definition) is 2. The molecule has 3 atom stereocenters. The first-order valence-corrected chi connectivity index (χ1v) is 10.4. The predicted octanol–water partition coefficient (Wildman–Crippen LogP) is 4.43. The summed E-state index contributed by atoms with van der Waals surface area (Å²) in [4.78, 5) is 21.2. The van der Waals surface area contributed by atoms with Gasteiger partial charge in [-0.2, -0.15) is 0 Å². The van der Waals surface area contributed by atoms with E-state index in [1.165, 1.54) is 24.0 Å². The zero-order valence-electron chi connectivity index (χ0n) is 15.3. The summed E-state index contributed by atoms with van der Waals surface area (Å²) in [5.74, 6) is 0.759. The number of halogens is 2. The number of amides is 1. The number of fused-ring (bicyclic) bond motifs is 1. The number of carbonyl (C=O) groups excluding carboxylic acids is 1. The van der Waals surface area contributed by atoms with Crippen LogP contribution in [0, 0.1) is 17.7 Å². The van der Waals surface area contributed by atoms with Crippen molar-refractivity contribution >= 4 is 40.1 Å². The lowest BCUT2D eigenvalue weighted by Gasteiger charge is -2.36. The van der Waals surface area contributed by atoms with Gasteiger partial charge < -0.3 is 11.1 Å². The number of anilines is 1. The maximum Gasteiger partial charge on any atom is 0.274 e. The SMILES string of the molecule is C[C@@H]1C[C@H]2CSC(N)=N[C@@]2(c2cc(NC(=O)c3ccc(Cl)cn3)ccc2F)C1. The number of aliphatic imine (C=N–C) groups is 1. The Balaban J connectivity index is 1.68. The Hall–Kier alpha value is -2.12. The zero-order chi connectivity index (χ0) is 19.9. The molecule has 1 fully saturated rings. The second-order valence-electron chi connectivity index (χ2n) is 7.44. The number of carbonyl (C=O) groups is 1. The van der Waals surface area contributed by atoms with E-state index in [4.69, 9.17) is 22.3 Å². The molecule has 2 aromatic rings. The zero-order valence-corrected chi connectivity index (χ0v) is 16.9. The van der Waals surface area contributed by atoms with Gasteiger partial charge in [0, 0.05) is 23.2 Å². The Labute approximate surface area is 172 Å². The van der Waals surface area contributed by atoms with Crippen molar-refractivity contribution in [1.82, 2.24) is 4.98 Å². The highest BCUT2D eigenvalue weighted by atomic mass is 35.5. The van der Waals surface area contributed by atoms with Crippen LogP contribution < -0.4 is 11.1 Å². The van der Waals surface area contributed by atoms with Crippen molar-refractivity contribution in [2.45, 2.75) is 25.3 Å². The van der Waals surface area contributed by atoms with Crippen LogP contribution in [-0.2, 0) is 5.54 Å². The van der Waals surface area contributed by atoms with Gasteiger partial charge in [-0.05, 0) is 55.0 Å². The number of amidine groups is 1. The van der Waals surface area contributed by atoms with Gasteiger partial charge in [0.05, 0.1) is 10.6 Å². The minimum absolute atomic E-state index is 0.221. The standard InChI is InChI=1S/C20H20ClFN4OS/c1-11-6-12-10-28-19(23)26-20(12,8-11)15-7-14(3-4-16(15)22)25-18(27)17-5-2-13(21)9-24-17/h2-5,7,9,11-12H,6,8,10H2,1H3,(H2,23,26)(H,25,27)/t11-,12+,20+/m1/s1. The highest BCUT2D eigenvalue weighted by molar-refractivity contribution is 8.13. The molecule has 1 aromatic heterocycles. The van der Waals surface area contributed by atoms with E-state index in [-0.39, 0.29) is 23.3 Å². The van der Waals surface area contributed by atoms with E-state index in [2.05, 4.69) is 17.2 Å². The average Bonchev–Trinajstić information content (AvgIpc) is 2.99. The molecule has 2 heterocycles. The normalized spacial score (nSPS) is 26.5. The monoisotopic (exact) mass is 418 g/mol. The summed E-state index contributed by atoms with van der Waals surface area (Å²) in [5.41, 5.74) is 6.57. The first-order chi connectivity index (χ1) is 13.4. The molecular weight excluding hydrogens is 399 g/mol. The van der Waals surface area contributed by atoms with Gasteiger partial charge in [0.1, 0.15) is 11.5 Å². The minimum atomic E-state index is -0.669. The Morgan fingerprint density at radius 2 is 2.21 bits per heavy atom. The Bertz CT molecular complexity index is 952. The number of nitrogens with zero attached hydrogens (tertiary/aromatic N) is 2. The van der Waals surface area contributed by atoms with E-state index in [0.29, 0.717) is 27.4 Å². The summed E-state index contributed by atoms with van der Waals surface area (Å²) in [6.45, 7) is 2.16. The molecule has 5 nitrogen and oxygen atoms in total. The Kier molecular flexibility index (Phi) is 5.05. The van der Waals surface area contributed by atoms with E-state index in [1.807, 2.05) is 0 Å². The van der Waals surface area contributed by atoms with Crippen molar-refractivity contribution in [3.8, 4) is 0 Å². The Morgan fingerprint density at radius 1 is 1.39 bits per heavy atom. The van der Waals surface area contributed by atoms with Gasteiger partial charge in [0.2, 0.25) is 0 Å². The topological polar surface area (TPSA) is 80.4 Å². The molecule has 0 spiro atoms. The van der Waals surface area contributed by atoms with Crippen LogP contribution in [0.3, 0.4) is 0 Å². The highest BCUT2D eigenvalue weighted by Gasteiger charge is 2.50. The van der Waals surface area contributed by atoms with Crippen molar-refractivity contribution in [3.63, 3.8) is 0 Å². The number of hydrogen-bond acceptors (Lipinski definition) is 5. The van der Waals surface area contributed by atoms with Crippen LogP contribution in [0.15, 0.2) is 41.5 Å². The number of thioether (sulfide) groups is 1. The van der Waals surface area contributed by atoms with E-state index in [1.54, 1.807) is 24.3 Å². The van der Waals surface area contributed by atoms with Crippen LogP contribution in [0.25, 0.3) is 0 Å². The molecule has 1 aromatic carbocycles. The fourth-order valence-electron chi connectivity index (χ4n) is 4.25. The summed E-state index contributed by atoms with van der Waals surface area (Å²) < 4.78 is 14.9. The van der Waals surface area contributed by atoms with Crippen LogP contribution >= 0.6 is 23.4 Å². The lowest BCUT2D eigenvalue weighted by molar-refractivity contribution is 0.102.